The minimum Gasteiger partial charge on any atom is -0.497 e. The summed E-state index contributed by atoms with van der Waals surface area (Å²) >= 11 is 0. The van der Waals surface area contributed by atoms with Gasteiger partial charge in [-0.3, -0.25) is 0 Å². The van der Waals surface area contributed by atoms with Gasteiger partial charge in [0.1, 0.15) is 11.6 Å². The topological polar surface area (TPSA) is 34.1 Å². The average molecular weight is 413 g/mol. The molecule has 0 atom stereocenters. The van der Waals surface area contributed by atoms with Gasteiger partial charge in [-0.1, -0.05) is 76.2 Å². The van der Waals surface area contributed by atoms with E-state index in [1.165, 1.54) is 0 Å². The maximum atomic E-state index is 5.29. The zero-order valence-corrected chi connectivity index (χ0v) is 19.1. The highest BCUT2D eigenvalue weighted by Gasteiger charge is 2.11. The maximum Gasteiger partial charge on any atom is 0.131 e. The van der Waals surface area contributed by atoms with Crippen molar-refractivity contribution in [3.8, 4) is 28.1 Å². The molecule has 0 fully saturated rings. The molecule has 1 N–H and O–H groups in total. The first-order valence-electron chi connectivity index (χ1n) is 10.9. The van der Waals surface area contributed by atoms with Gasteiger partial charge in [-0.25, -0.2) is 4.98 Å². The fraction of sp³-hybridized carbons (Fsp3) is 0.179. The fourth-order valence-electron chi connectivity index (χ4n) is 3.02. The standard InChI is InChI=1S/C24H20N2O.2C2H6/c1-27-21-14-12-19(13-15-21)24-22(18-8-4-2-5-9-18)16-17-23(26-24)25-20-10-6-3-7-11-20;2*1-2/h2-17H,1H3,(H,25,26);2*1-2H3. The van der Waals surface area contributed by atoms with Gasteiger partial charge in [0.25, 0.3) is 0 Å². The van der Waals surface area contributed by atoms with E-state index in [-0.39, 0.29) is 0 Å². The summed E-state index contributed by atoms with van der Waals surface area (Å²) in [5.74, 6) is 1.64. The SMILES string of the molecule is CC.CC.COc1ccc(-c2nc(Nc3ccccc3)ccc2-c2ccccc2)cc1. The van der Waals surface area contributed by atoms with Gasteiger partial charge in [-0.15, -0.1) is 0 Å². The molecular weight excluding hydrogens is 380 g/mol. The molecule has 3 heteroatoms. The largest absolute Gasteiger partial charge is 0.497 e. The first kappa shape index (κ1) is 23.7. The van der Waals surface area contributed by atoms with Crippen molar-refractivity contribution in [3.05, 3.63) is 97.1 Å². The van der Waals surface area contributed by atoms with Gasteiger partial charge < -0.3 is 10.1 Å². The van der Waals surface area contributed by atoms with Gasteiger partial charge in [-0.2, -0.15) is 0 Å². The zero-order chi connectivity index (χ0) is 22.5. The molecule has 0 unspecified atom stereocenters. The average Bonchev–Trinajstić information content (AvgIpc) is 2.88. The van der Waals surface area contributed by atoms with Crippen molar-refractivity contribution in [1.29, 1.82) is 0 Å². The molecular formula is C28H32N2O. The summed E-state index contributed by atoms with van der Waals surface area (Å²) in [4.78, 5) is 4.92. The van der Waals surface area contributed by atoms with Crippen LogP contribution in [0.3, 0.4) is 0 Å². The van der Waals surface area contributed by atoms with E-state index in [1.807, 2.05) is 107 Å². The van der Waals surface area contributed by atoms with E-state index < -0.39 is 0 Å². The van der Waals surface area contributed by atoms with Gasteiger partial charge in [0.15, 0.2) is 0 Å². The zero-order valence-electron chi connectivity index (χ0n) is 19.1. The monoisotopic (exact) mass is 412 g/mol. The van der Waals surface area contributed by atoms with Crippen LogP contribution in [-0.2, 0) is 0 Å². The highest BCUT2D eigenvalue weighted by Crippen LogP contribution is 2.33. The number of ether oxygens (including phenoxy) is 1. The minimum atomic E-state index is 0.812. The number of nitrogens with zero attached hydrogens (tertiary/aromatic N) is 1. The smallest absolute Gasteiger partial charge is 0.131 e. The number of para-hydroxylation sites is 1. The van der Waals surface area contributed by atoms with Crippen LogP contribution in [0.15, 0.2) is 97.1 Å². The Kier molecular flexibility index (Phi) is 9.83. The van der Waals surface area contributed by atoms with Crippen LogP contribution in [0.4, 0.5) is 11.5 Å². The Morgan fingerprint density at radius 1 is 0.613 bits per heavy atom. The Balaban J connectivity index is 0.000000807. The third-order valence-electron chi connectivity index (χ3n) is 4.39. The third-order valence-corrected chi connectivity index (χ3v) is 4.39. The second-order valence-electron chi connectivity index (χ2n) is 6.18. The maximum absolute atomic E-state index is 5.29. The summed E-state index contributed by atoms with van der Waals surface area (Å²) in [6.07, 6.45) is 0. The number of benzene rings is 3. The van der Waals surface area contributed by atoms with Crippen molar-refractivity contribution < 1.29 is 4.74 Å². The second kappa shape index (κ2) is 12.9. The number of nitrogens with one attached hydrogen (secondary N) is 1. The number of hydrogen-bond acceptors (Lipinski definition) is 3. The molecule has 0 aliphatic rings. The summed E-state index contributed by atoms with van der Waals surface area (Å²) < 4.78 is 5.29. The molecule has 0 bridgehead atoms. The van der Waals surface area contributed by atoms with E-state index in [0.29, 0.717) is 0 Å². The minimum absolute atomic E-state index is 0.812. The van der Waals surface area contributed by atoms with Gasteiger partial charge in [0.2, 0.25) is 0 Å². The van der Waals surface area contributed by atoms with Crippen LogP contribution in [0.2, 0.25) is 0 Å². The predicted octanol–water partition coefficient (Wildman–Crippen LogP) is 8.22. The number of rotatable bonds is 5. The summed E-state index contributed by atoms with van der Waals surface area (Å²) in [6.45, 7) is 8.00. The van der Waals surface area contributed by atoms with E-state index in [1.54, 1.807) is 7.11 Å². The van der Waals surface area contributed by atoms with Crippen LogP contribution in [0.25, 0.3) is 22.4 Å². The van der Waals surface area contributed by atoms with E-state index in [2.05, 4.69) is 23.5 Å². The molecule has 31 heavy (non-hydrogen) atoms. The first-order chi connectivity index (χ1) is 15.3. The van der Waals surface area contributed by atoms with Crippen molar-refractivity contribution in [2.24, 2.45) is 0 Å². The summed E-state index contributed by atoms with van der Waals surface area (Å²) in [6, 6.07) is 32.5. The lowest BCUT2D eigenvalue weighted by atomic mass is 9.99. The van der Waals surface area contributed by atoms with Gasteiger partial charge >= 0.3 is 0 Å². The van der Waals surface area contributed by atoms with Crippen LogP contribution in [-0.4, -0.2) is 12.1 Å². The van der Waals surface area contributed by atoms with E-state index >= 15 is 0 Å². The Labute approximate surface area is 186 Å². The Morgan fingerprint density at radius 2 is 1.19 bits per heavy atom. The first-order valence-corrected chi connectivity index (χ1v) is 10.9. The fourth-order valence-corrected chi connectivity index (χ4v) is 3.02. The quantitative estimate of drug-likeness (QED) is 0.358. The summed E-state index contributed by atoms with van der Waals surface area (Å²) in [7, 11) is 1.67. The molecule has 0 radical (unpaired) electrons. The molecule has 4 aromatic rings. The molecule has 0 aliphatic heterocycles. The van der Waals surface area contributed by atoms with Crippen LogP contribution < -0.4 is 10.1 Å². The molecule has 0 saturated heterocycles. The number of pyridine rings is 1. The Hall–Kier alpha value is -3.59. The van der Waals surface area contributed by atoms with Crippen LogP contribution in [0, 0.1) is 0 Å². The molecule has 0 spiro atoms. The van der Waals surface area contributed by atoms with Crippen molar-refractivity contribution in [1.82, 2.24) is 4.98 Å². The lowest BCUT2D eigenvalue weighted by Gasteiger charge is -2.13. The molecule has 1 aromatic heterocycles. The molecule has 1 heterocycles. The molecule has 160 valence electrons. The molecule has 4 rings (SSSR count). The second-order valence-corrected chi connectivity index (χ2v) is 6.18. The van der Waals surface area contributed by atoms with Gasteiger partial charge in [0, 0.05) is 16.8 Å². The number of aromatic nitrogens is 1. The number of methoxy groups -OCH3 is 1. The van der Waals surface area contributed by atoms with Crippen molar-refractivity contribution in [3.63, 3.8) is 0 Å². The van der Waals surface area contributed by atoms with Crippen LogP contribution >= 0.6 is 0 Å². The van der Waals surface area contributed by atoms with Crippen molar-refractivity contribution in [2.45, 2.75) is 27.7 Å². The van der Waals surface area contributed by atoms with Crippen molar-refractivity contribution in [2.75, 3.05) is 12.4 Å². The Bertz CT molecular complexity index is 1010. The highest BCUT2D eigenvalue weighted by atomic mass is 16.5. The lowest BCUT2D eigenvalue weighted by Crippen LogP contribution is -1.97. The van der Waals surface area contributed by atoms with Gasteiger partial charge in [0.05, 0.1) is 12.8 Å². The lowest BCUT2D eigenvalue weighted by molar-refractivity contribution is 0.415. The molecule has 3 aromatic carbocycles. The normalized spacial score (nSPS) is 9.45. The van der Waals surface area contributed by atoms with Crippen LogP contribution in [0.5, 0.6) is 5.75 Å². The molecule has 0 aliphatic carbocycles. The summed E-state index contributed by atoms with van der Waals surface area (Å²) in [5.41, 5.74) is 5.23. The van der Waals surface area contributed by atoms with E-state index in [4.69, 9.17) is 9.72 Å². The Morgan fingerprint density at radius 3 is 1.77 bits per heavy atom. The summed E-state index contributed by atoms with van der Waals surface area (Å²) in [5, 5.41) is 3.38. The predicted molar refractivity (Wildman–Crippen MR) is 134 cm³/mol. The van der Waals surface area contributed by atoms with E-state index in [0.717, 1.165) is 39.6 Å². The van der Waals surface area contributed by atoms with Crippen molar-refractivity contribution >= 4 is 11.5 Å². The number of hydrogen-bond donors (Lipinski definition) is 1. The third kappa shape index (κ3) is 6.45. The van der Waals surface area contributed by atoms with Crippen LogP contribution in [0.1, 0.15) is 27.7 Å². The molecule has 0 saturated carbocycles. The molecule has 0 amide bonds. The molecule has 3 nitrogen and oxygen atoms in total. The highest BCUT2D eigenvalue weighted by molar-refractivity contribution is 5.82. The number of anilines is 2. The van der Waals surface area contributed by atoms with E-state index in [9.17, 15) is 0 Å². The van der Waals surface area contributed by atoms with Gasteiger partial charge in [-0.05, 0) is 54.1 Å².